The van der Waals surface area contributed by atoms with Crippen molar-refractivity contribution in [3.8, 4) is 0 Å². The lowest BCUT2D eigenvalue weighted by Crippen LogP contribution is -2.25. The Balaban J connectivity index is 2.88. The SMILES string of the molecule is COC(=O)N(C)c1cccc(C)c1. The van der Waals surface area contributed by atoms with Gasteiger partial charge >= 0.3 is 6.09 Å². The summed E-state index contributed by atoms with van der Waals surface area (Å²) in [6.07, 6.45) is -0.356. The van der Waals surface area contributed by atoms with Crippen LogP contribution in [0.1, 0.15) is 5.56 Å². The van der Waals surface area contributed by atoms with E-state index in [1.165, 1.54) is 12.0 Å². The Kier molecular flexibility index (Phi) is 2.90. The number of hydrogen-bond acceptors (Lipinski definition) is 2. The summed E-state index contributed by atoms with van der Waals surface area (Å²) in [7, 11) is 3.05. The quantitative estimate of drug-likeness (QED) is 0.661. The number of carbonyl (C=O) groups excluding carboxylic acids is 1. The van der Waals surface area contributed by atoms with Gasteiger partial charge in [0.05, 0.1) is 7.11 Å². The van der Waals surface area contributed by atoms with Gasteiger partial charge in [0.15, 0.2) is 0 Å². The molecule has 0 aliphatic carbocycles. The van der Waals surface area contributed by atoms with Crippen LogP contribution in [0.15, 0.2) is 24.3 Å². The van der Waals surface area contributed by atoms with Crippen LogP contribution in [0, 0.1) is 6.92 Å². The standard InChI is InChI=1S/C10H13NO2/c1-8-5-4-6-9(7-8)11(2)10(12)13-3/h4-7H,1-3H3. The van der Waals surface area contributed by atoms with Crippen LogP contribution < -0.4 is 4.90 Å². The molecule has 0 saturated carbocycles. The molecule has 13 heavy (non-hydrogen) atoms. The van der Waals surface area contributed by atoms with Crippen molar-refractivity contribution in [2.45, 2.75) is 6.92 Å². The zero-order chi connectivity index (χ0) is 9.84. The molecule has 0 atom stereocenters. The second kappa shape index (κ2) is 3.94. The maximum atomic E-state index is 11.1. The number of ether oxygens (including phenoxy) is 1. The average molecular weight is 179 g/mol. The fraction of sp³-hybridized carbons (Fsp3) is 0.300. The third kappa shape index (κ3) is 2.21. The van der Waals surface area contributed by atoms with Gasteiger partial charge in [-0.05, 0) is 24.6 Å². The first-order valence-corrected chi connectivity index (χ1v) is 4.03. The number of aryl methyl sites for hydroxylation is 1. The Morgan fingerprint density at radius 2 is 2.15 bits per heavy atom. The van der Waals surface area contributed by atoms with Crippen LogP contribution >= 0.6 is 0 Å². The third-order valence-electron chi connectivity index (χ3n) is 1.84. The lowest BCUT2D eigenvalue weighted by molar-refractivity contribution is 0.180. The van der Waals surface area contributed by atoms with Gasteiger partial charge in [-0.2, -0.15) is 0 Å². The number of rotatable bonds is 1. The van der Waals surface area contributed by atoms with E-state index in [9.17, 15) is 4.79 Å². The van der Waals surface area contributed by atoms with Gasteiger partial charge in [0, 0.05) is 12.7 Å². The molecule has 0 bridgehead atoms. The van der Waals surface area contributed by atoms with Crippen LogP contribution in [0.4, 0.5) is 10.5 Å². The van der Waals surface area contributed by atoms with Gasteiger partial charge in [-0.3, -0.25) is 4.90 Å². The molecule has 0 unspecified atom stereocenters. The lowest BCUT2D eigenvalue weighted by Gasteiger charge is -2.15. The Labute approximate surface area is 77.9 Å². The topological polar surface area (TPSA) is 29.5 Å². The third-order valence-corrected chi connectivity index (χ3v) is 1.84. The number of hydrogen-bond donors (Lipinski definition) is 0. The number of amides is 1. The van der Waals surface area contributed by atoms with Crippen molar-refractivity contribution in [2.75, 3.05) is 19.1 Å². The summed E-state index contributed by atoms with van der Waals surface area (Å²) in [6, 6.07) is 7.68. The van der Waals surface area contributed by atoms with E-state index in [-0.39, 0.29) is 6.09 Å². The van der Waals surface area contributed by atoms with Crippen molar-refractivity contribution in [3.05, 3.63) is 29.8 Å². The zero-order valence-electron chi connectivity index (χ0n) is 8.07. The Hall–Kier alpha value is -1.51. The molecule has 3 nitrogen and oxygen atoms in total. The molecule has 0 radical (unpaired) electrons. The molecule has 1 rings (SSSR count). The van der Waals surface area contributed by atoms with Gasteiger partial charge < -0.3 is 4.74 Å². The predicted molar refractivity (Wildman–Crippen MR) is 52.0 cm³/mol. The first-order chi connectivity index (χ1) is 6.15. The number of anilines is 1. The van der Waals surface area contributed by atoms with Crippen molar-refractivity contribution >= 4 is 11.8 Å². The monoisotopic (exact) mass is 179 g/mol. The summed E-state index contributed by atoms with van der Waals surface area (Å²) in [5.74, 6) is 0. The van der Waals surface area contributed by atoms with E-state index in [1.807, 2.05) is 31.2 Å². The number of benzene rings is 1. The van der Waals surface area contributed by atoms with Crippen LogP contribution in [0.2, 0.25) is 0 Å². The lowest BCUT2D eigenvalue weighted by atomic mass is 10.2. The number of methoxy groups -OCH3 is 1. The Morgan fingerprint density at radius 1 is 1.46 bits per heavy atom. The van der Waals surface area contributed by atoms with E-state index in [1.54, 1.807) is 7.05 Å². The average Bonchev–Trinajstić information content (AvgIpc) is 2.15. The molecular formula is C10H13NO2. The van der Waals surface area contributed by atoms with E-state index >= 15 is 0 Å². The highest BCUT2D eigenvalue weighted by Gasteiger charge is 2.09. The minimum atomic E-state index is -0.356. The first-order valence-electron chi connectivity index (χ1n) is 4.03. The van der Waals surface area contributed by atoms with Crippen molar-refractivity contribution < 1.29 is 9.53 Å². The van der Waals surface area contributed by atoms with Gasteiger partial charge in [0.2, 0.25) is 0 Å². The number of carbonyl (C=O) groups is 1. The van der Waals surface area contributed by atoms with E-state index < -0.39 is 0 Å². The van der Waals surface area contributed by atoms with Crippen molar-refractivity contribution in [1.29, 1.82) is 0 Å². The summed E-state index contributed by atoms with van der Waals surface area (Å²) >= 11 is 0. The van der Waals surface area contributed by atoms with Gasteiger partial charge in [-0.25, -0.2) is 4.79 Å². The molecule has 3 heteroatoms. The minimum absolute atomic E-state index is 0.356. The van der Waals surface area contributed by atoms with Gasteiger partial charge in [-0.15, -0.1) is 0 Å². The van der Waals surface area contributed by atoms with Crippen LogP contribution in [0.3, 0.4) is 0 Å². The fourth-order valence-corrected chi connectivity index (χ4v) is 1.08. The van der Waals surface area contributed by atoms with Crippen molar-refractivity contribution in [2.24, 2.45) is 0 Å². The molecule has 1 aromatic rings. The van der Waals surface area contributed by atoms with E-state index in [4.69, 9.17) is 0 Å². The molecule has 0 aliphatic rings. The minimum Gasteiger partial charge on any atom is -0.452 e. The fourth-order valence-electron chi connectivity index (χ4n) is 1.08. The zero-order valence-corrected chi connectivity index (χ0v) is 8.07. The largest absolute Gasteiger partial charge is 0.452 e. The molecule has 0 aromatic heterocycles. The van der Waals surface area contributed by atoms with Crippen LogP contribution in [0.5, 0.6) is 0 Å². The molecular weight excluding hydrogens is 166 g/mol. The Morgan fingerprint density at radius 3 is 2.69 bits per heavy atom. The summed E-state index contributed by atoms with van der Waals surface area (Å²) in [5.41, 5.74) is 1.96. The van der Waals surface area contributed by atoms with E-state index in [0.717, 1.165) is 11.3 Å². The van der Waals surface area contributed by atoms with Crippen molar-refractivity contribution in [1.82, 2.24) is 0 Å². The molecule has 0 aliphatic heterocycles. The summed E-state index contributed by atoms with van der Waals surface area (Å²) in [4.78, 5) is 12.6. The highest BCUT2D eigenvalue weighted by Crippen LogP contribution is 2.14. The first kappa shape index (κ1) is 9.58. The normalized spacial score (nSPS) is 9.46. The predicted octanol–water partition coefficient (Wildman–Crippen LogP) is 2.20. The molecule has 70 valence electrons. The molecule has 1 aromatic carbocycles. The van der Waals surface area contributed by atoms with E-state index in [0.29, 0.717) is 0 Å². The van der Waals surface area contributed by atoms with Crippen LogP contribution in [-0.2, 0) is 4.74 Å². The van der Waals surface area contributed by atoms with Gasteiger partial charge in [-0.1, -0.05) is 12.1 Å². The number of nitrogens with zero attached hydrogens (tertiary/aromatic N) is 1. The van der Waals surface area contributed by atoms with Crippen molar-refractivity contribution in [3.63, 3.8) is 0 Å². The second-order valence-corrected chi connectivity index (χ2v) is 2.87. The van der Waals surface area contributed by atoms with E-state index in [2.05, 4.69) is 4.74 Å². The summed E-state index contributed by atoms with van der Waals surface area (Å²) < 4.78 is 4.59. The summed E-state index contributed by atoms with van der Waals surface area (Å²) in [5, 5.41) is 0. The molecule has 0 spiro atoms. The highest BCUT2D eigenvalue weighted by atomic mass is 16.5. The maximum absolute atomic E-state index is 11.1. The van der Waals surface area contributed by atoms with Gasteiger partial charge in [0.1, 0.15) is 0 Å². The van der Waals surface area contributed by atoms with Crippen LogP contribution in [-0.4, -0.2) is 20.3 Å². The molecule has 0 fully saturated rings. The smallest absolute Gasteiger partial charge is 0.413 e. The highest BCUT2D eigenvalue weighted by molar-refractivity contribution is 5.86. The molecule has 0 N–H and O–H groups in total. The van der Waals surface area contributed by atoms with Crippen LogP contribution in [0.25, 0.3) is 0 Å². The summed E-state index contributed by atoms with van der Waals surface area (Å²) in [6.45, 7) is 1.98. The maximum Gasteiger partial charge on any atom is 0.413 e. The molecule has 0 heterocycles. The molecule has 1 amide bonds. The Bertz CT molecular complexity index is 310. The second-order valence-electron chi connectivity index (χ2n) is 2.87. The molecule has 0 saturated heterocycles. The van der Waals surface area contributed by atoms with Gasteiger partial charge in [0.25, 0.3) is 0 Å².